The molecule has 1 saturated carbocycles. The lowest BCUT2D eigenvalue weighted by molar-refractivity contribution is 0.0448. The fourth-order valence-electron chi connectivity index (χ4n) is 5.02. The first-order chi connectivity index (χ1) is 17.0. The Morgan fingerprint density at radius 3 is 1.81 bits per heavy atom. The molecule has 0 N–H and O–H groups in total. The van der Waals surface area contributed by atoms with Crippen LogP contribution in [0.2, 0.25) is 5.04 Å². The van der Waals surface area contributed by atoms with Crippen molar-refractivity contribution < 1.29 is 14.0 Å². The summed E-state index contributed by atoms with van der Waals surface area (Å²) in [6.45, 7) is 12.5. The minimum atomic E-state index is -2.64. The highest BCUT2D eigenvalue weighted by Gasteiger charge is 2.53. The van der Waals surface area contributed by atoms with Gasteiger partial charge in [-0.05, 0) is 61.2 Å². The number of rotatable bonds is 6. The molecule has 2 aromatic carbocycles. The summed E-state index contributed by atoms with van der Waals surface area (Å²) in [5.74, 6) is 0.612. The second-order valence-electron chi connectivity index (χ2n) is 11.6. The van der Waals surface area contributed by atoms with Crippen LogP contribution in [0.4, 0.5) is 10.6 Å². The number of anilines is 1. The van der Waals surface area contributed by atoms with Gasteiger partial charge in [0.25, 0.3) is 8.32 Å². The highest BCUT2D eigenvalue weighted by molar-refractivity contribution is 6.99. The molecule has 3 aromatic rings. The first-order valence-corrected chi connectivity index (χ1v) is 14.6. The Labute approximate surface area is 216 Å². The van der Waals surface area contributed by atoms with Gasteiger partial charge in [-0.15, -0.1) is 0 Å². The Hall–Kier alpha value is -2.96. The molecular weight excluding hydrogens is 464 g/mol. The van der Waals surface area contributed by atoms with Crippen LogP contribution in [-0.4, -0.2) is 37.1 Å². The summed E-state index contributed by atoms with van der Waals surface area (Å²) in [5.41, 5.74) is -0.585. The average Bonchev–Trinajstić information content (AvgIpc) is 2.80. The SMILES string of the molecule is CC(C)(C)OC(=O)N(c1ccccn1)C1CC(O[Si](c2ccccc2)(c2ccccc2)C(C)(C)C)C1. The maximum Gasteiger partial charge on any atom is 0.416 e. The Morgan fingerprint density at radius 2 is 1.36 bits per heavy atom. The number of amides is 1. The molecule has 1 fully saturated rings. The van der Waals surface area contributed by atoms with E-state index in [0.717, 1.165) is 12.8 Å². The van der Waals surface area contributed by atoms with Gasteiger partial charge in [0.1, 0.15) is 11.4 Å². The average molecular weight is 503 g/mol. The van der Waals surface area contributed by atoms with Crippen molar-refractivity contribution in [2.45, 2.75) is 77.2 Å². The predicted molar refractivity (Wildman–Crippen MR) is 148 cm³/mol. The molecule has 1 aliphatic rings. The Kier molecular flexibility index (Phi) is 7.39. The molecule has 190 valence electrons. The molecule has 0 aliphatic heterocycles. The van der Waals surface area contributed by atoms with Crippen LogP contribution in [0.15, 0.2) is 85.1 Å². The van der Waals surface area contributed by atoms with Crippen LogP contribution < -0.4 is 15.3 Å². The van der Waals surface area contributed by atoms with Gasteiger partial charge in [0.15, 0.2) is 0 Å². The fourth-order valence-corrected chi connectivity index (χ4v) is 9.73. The molecule has 1 amide bonds. The molecule has 36 heavy (non-hydrogen) atoms. The van der Waals surface area contributed by atoms with Crippen LogP contribution in [-0.2, 0) is 9.16 Å². The molecular formula is C30H38N2O3Si. The van der Waals surface area contributed by atoms with Crippen molar-refractivity contribution in [1.82, 2.24) is 4.98 Å². The quantitative estimate of drug-likeness (QED) is 0.392. The maximum absolute atomic E-state index is 13.2. The molecule has 0 bridgehead atoms. The van der Waals surface area contributed by atoms with Gasteiger partial charge in [-0.25, -0.2) is 9.78 Å². The summed E-state index contributed by atoms with van der Waals surface area (Å²) in [6.07, 6.45) is 2.85. The third kappa shape index (κ3) is 5.40. The Morgan fingerprint density at radius 1 is 0.833 bits per heavy atom. The summed E-state index contributed by atoms with van der Waals surface area (Å²) in [4.78, 5) is 19.4. The van der Waals surface area contributed by atoms with Crippen molar-refractivity contribution >= 4 is 30.6 Å². The van der Waals surface area contributed by atoms with E-state index in [1.165, 1.54) is 10.4 Å². The minimum absolute atomic E-state index is 0.0297. The zero-order chi connectivity index (χ0) is 26.0. The van der Waals surface area contributed by atoms with Crippen LogP contribution in [0.25, 0.3) is 0 Å². The van der Waals surface area contributed by atoms with Gasteiger partial charge in [-0.3, -0.25) is 4.90 Å². The summed E-state index contributed by atoms with van der Waals surface area (Å²) in [6, 6.07) is 26.9. The van der Waals surface area contributed by atoms with E-state index in [-0.39, 0.29) is 23.3 Å². The van der Waals surface area contributed by atoms with E-state index in [4.69, 9.17) is 9.16 Å². The van der Waals surface area contributed by atoms with Gasteiger partial charge in [0.05, 0.1) is 0 Å². The number of hydrogen-bond acceptors (Lipinski definition) is 4. The molecule has 0 atom stereocenters. The lowest BCUT2D eigenvalue weighted by Gasteiger charge is -2.50. The largest absolute Gasteiger partial charge is 0.443 e. The topological polar surface area (TPSA) is 51.7 Å². The first-order valence-electron chi connectivity index (χ1n) is 12.7. The molecule has 4 rings (SSSR count). The van der Waals surface area contributed by atoms with Crippen molar-refractivity contribution in [1.29, 1.82) is 0 Å². The third-order valence-electron chi connectivity index (χ3n) is 6.68. The normalized spacial score (nSPS) is 18.3. The fraction of sp³-hybridized carbons (Fsp3) is 0.400. The monoisotopic (exact) mass is 502 g/mol. The lowest BCUT2D eigenvalue weighted by atomic mass is 9.88. The van der Waals surface area contributed by atoms with Crippen LogP contribution >= 0.6 is 0 Å². The predicted octanol–water partition coefficient (Wildman–Crippen LogP) is 5.93. The summed E-state index contributed by atoms with van der Waals surface area (Å²) in [5, 5.41) is 2.44. The Bertz CT molecular complexity index is 1100. The second-order valence-corrected chi connectivity index (χ2v) is 15.8. The van der Waals surface area contributed by atoms with Crippen molar-refractivity contribution in [3.8, 4) is 0 Å². The highest BCUT2D eigenvalue weighted by Crippen LogP contribution is 2.41. The van der Waals surface area contributed by atoms with Crippen molar-refractivity contribution in [3.05, 3.63) is 85.1 Å². The van der Waals surface area contributed by atoms with Gasteiger partial charge < -0.3 is 9.16 Å². The number of aromatic nitrogens is 1. The van der Waals surface area contributed by atoms with E-state index in [1.807, 2.05) is 39.0 Å². The van der Waals surface area contributed by atoms with Crippen molar-refractivity contribution in [3.63, 3.8) is 0 Å². The molecule has 1 heterocycles. The number of pyridine rings is 1. The molecule has 0 spiro atoms. The number of carbonyl (C=O) groups excluding carboxylic acids is 1. The van der Waals surface area contributed by atoms with Gasteiger partial charge >= 0.3 is 6.09 Å². The Balaban J connectivity index is 1.64. The van der Waals surface area contributed by atoms with E-state index in [9.17, 15) is 4.79 Å². The van der Waals surface area contributed by atoms with Gasteiger partial charge in [-0.1, -0.05) is 87.5 Å². The van der Waals surface area contributed by atoms with Crippen LogP contribution in [0.1, 0.15) is 54.4 Å². The van der Waals surface area contributed by atoms with Gasteiger partial charge in [0, 0.05) is 18.3 Å². The first kappa shape index (κ1) is 26.1. The number of benzene rings is 2. The number of hydrogen-bond donors (Lipinski definition) is 0. The summed E-state index contributed by atoms with van der Waals surface area (Å²) < 4.78 is 13.0. The van der Waals surface area contributed by atoms with Crippen molar-refractivity contribution in [2.24, 2.45) is 0 Å². The lowest BCUT2D eigenvalue weighted by Crippen LogP contribution is -2.69. The minimum Gasteiger partial charge on any atom is -0.443 e. The zero-order valence-corrected chi connectivity index (χ0v) is 23.3. The van der Waals surface area contributed by atoms with Crippen LogP contribution in [0, 0.1) is 0 Å². The number of ether oxygens (including phenoxy) is 1. The molecule has 6 heteroatoms. The maximum atomic E-state index is 13.2. The summed E-state index contributed by atoms with van der Waals surface area (Å²) >= 11 is 0. The second kappa shape index (κ2) is 10.2. The highest BCUT2D eigenvalue weighted by atomic mass is 28.4. The molecule has 5 nitrogen and oxygen atoms in total. The van der Waals surface area contributed by atoms with E-state index in [1.54, 1.807) is 11.1 Å². The number of nitrogens with zero attached hydrogens (tertiary/aromatic N) is 2. The molecule has 1 aromatic heterocycles. The smallest absolute Gasteiger partial charge is 0.416 e. The van der Waals surface area contributed by atoms with Gasteiger partial charge in [-0.2, -0.15) is 0 Å². The van der Waals surface area contributed by atoms with E-state index in [0.29, 0.717) is 5.82 Å². The molecule has 0 radical (unpaired) electrons. The molecule has 0 unspecified atom stereocenters. The van der Waals surface area contributed by atoms with Crippen molar-refractivity contribution in [2.75, 3.05) is 4.90 Å². The van der Waals surface area contributed by atoms with Crippen LogP contribution in [0.5, 0.6) is 0 Å². The summed E-state index contributed by atoms with van der Waals surface area (Å²) in [7, 11) is -2.64. The van der Waals surface area contributed by atoms with Crippen LogP contribution in [0.3, 0.4) is 0 Å². The zero-order valence-electron chi connectivity index (χ0n) is 22.3. The molecule has 0 saturated heterocycles. The third-order valence-corrected chi connectivity index (χ3v) is 11.8. The van der Waals surface area contributed by atoms with E-state index in [2.05, 4.69) is 86.4 Å². The standard InChI is InChI=1S/C30H38N2O3Si/c1-29(2,3)34-28(33)32(27-19-13-14-20-31-27)23-21-24(22-23)35-36(30(4,5)6,25-15-9-7-10-16-25)26-17-11-8-12-18-26/h7-20,23-24H,21-22H2,1-6H3. The van der Waals surface area contributed by atoms with E-state index >= 15 is 0 Å². The van der Waals surface area contributed by atoms with Gasteiger partial charge in [0.2, 0.25) is 0 Å². The van der Waals surface area contributed by atoms with E-state index < -0.39 is 13.9 Å². The number of carbonyl (C=O) groups is 1. The molecule has 1 aliphatic carbocycles.